The molecule has 2 saturated heterocycles. The highest BCUT2D eigenvalue weighted by Gasteiger charge is 2.32. The molecule has 4 heteroatoms. The highest BCUT2D eigenvalue weighted by Crippen LogP contribution is 2.33. The van der Waals surface area contributed by atoms with Gasteiger partial charge in [0.1, 0.15) is 5.75 Å². The van der Waals surface area contributed by atoms with Gasteiger partial charge in [-0.2, -0.15) is 0 Å². The Kier molecular flexibility index (Phi) is 4.63. The largest absolute Gasteiger partial charge is 0.423 e. The fourth-order valence-corrected chi connectivity index (χ4v) is 2.87. The van der Waals surface area contributed by atoms with Crippen molar-refractivity contribution in [2.45, 2.75) is 25.0 Å². The van der Waals surface area contributed by atoms with E-state index in [2.05, 4.69) is 0 Å². The number of benzene rings is 2. The minimum Gasteiger partial charge on any atom is -0.423 e. The van der Waals surface area contributed by atoms with Crippen molar-refractivity contribution >= 4 is 11.5 Å². The fraction of sp³-hybridized carbons (Fsp3) is 0.286. The molecule has 2 heterocycles. The number of para-hydroxylation sites is 1. The van der Waals surface area contributed by atoms with Gasteiger partial charge in [-0.25, -0.2) is 4.79 Å². The Morgan fingerprint density at radius 2 is 1.44 bits per heavy atom. The number of carbonyl (C=O) groups is 1. The first kappa shape index (κ1) is 16.1. The molecule has 2 aliphatic rings. The third-order valence-corrected chi connectivity index (χ3v) is 4.36. The lowest BCUT2D eigenvalue weighted by Crippen LogP contribution is -2.16. The lowest BCUT2D eigenvalue weighted by molar-refractivity contribution is -0.130. The first-order valence-electron chi connectivity index (χ1n) is 8.57. The van der Waals surface area contributed by atoms with Gasteiger partial charge in [-0.3, -0.25) is 0 Å². The van der Waals surface area contributed by atoms with E-state index >= 15 is 0 Å². The summed E-state index contributed by atoms with van der Waals surface area (Å²) in [5, 5.41) is 0. The Bertz CT molecular complexity index is 759. The number of hydrogen-bond donors (Lipinski definition) is 0. The van der Waals surface area contributed by atoms with Crippen molar-refractivity contribution in [3.05, 3.63) is 71.8 Å². The predicted octanol–water partition coefficient (Wildman–Crippen LogP) is 3.62. The van der Waals surface area contributed by atoms with Crippen LogP contribution in [-0.4, -0.2) is 31.4 Å². The molecule has 0 saturated carbocycles. The van der Waals surface area contributed by atoms with E-state index in [-0.39, 0.29) is 18.2 Å². The van der Waals surface area contributed by atoms with Crippen LogP contribution >= 0.6 is 0 Å². The number of hydrogen-bond acceptors (Lipinski definition) is 4. The van der Waals surface area contributed by atoms with Crippen molar-refractivity contribution in [1.82, 2.24) is 0 Å². The van der Waals surface area contributed by atoms with Crippen molar-refractivity contribution in [1.29, 1.82) is 0 Å². The van der Waals surface area contributed by atoms with E-state index in [9.17, 15) is 4.79 Å². The zero-order chi connectivity index (χ0) is 17.1. The molecule has 2 aliphatic heterocycles. The average molecular weight is 336 g/mol. The Labute approximate surface area is 147 Å². The molecule has 128 valence electrons. The summed E-state index contributed by atoms with van der Waals surface area (Å²) in [6, 6.07) is 19.2. The molecule has 2 aromatic rings. The standard InChI is InChI=1S/C21H20O4/c22-21(25-16-9-5-2-6-10-16)20(12-18-14-24-18)19(11-17-13-23-17)15-7-3-1-4-8-15/h1-10,17-18H,11-14H2. The lowest BCUT2D eigenvalue weighted by atomic mass is 9.93. The van der Waals surface area contributed by atoms with Crippen LogP contribution in [0.3, 0.4) is 0 Å². The van der Waals surface area contributed by atoms with E-state index in [1.807, 2.05) is 48.5 Å². The van der Waals surface area contributed by atoms with Gasteiger partial charge in [-0.15, -0.1) is 0 Å². The minimum absolute atomic E-state index is 0.108. The van der Waals surface area contributed by atoms with E-state index < -0.39 is 0 Å². The van der Waals surface area contributed by atoms with Crippen molar-refractivity contribution < 1.29 is 19.0 Å². The molecule has 25 heavy (non-hydrogen) atoms. The lowest BCUT2D eigenvalue weighted by Gasteiger charge is -2.14. The fourth-order valence-electron chi connectivity index (χ4n) is 2.87. The summed E-state index contributed by atoms with van der Waals surface area (Å²) < 4.78 is 16.4. The zero-order valence-electron chi connectivity index (χ0n) is 13.9. The molecule has 2 unspecified atom stereocenters. The smallest absolute Gasteiger partial charge is 0.339 e. The molecule has 4 rings (SSSR count). The molecule has 2 aromatic carbocycles. The van der Waals surface area contributed by atoms with Crippen LogP contribution in [-0.2, 0) is 14.3 Å². The Morgan fingerprint density at radius 3 is 2.04 bits per heavy atom. The third-order valence-electron chi connectivity index (χ3n) is 4.36. The van der Waals surface area contributed by atoms with Crippen LogP contribution in [0.5, 0.6) is 5.75 Å². The van der Waals surface area contributed by atoms with Crippen LogP contribution in [0.25, 0.3) is 5.57 Å². The Balaban J connectivity index is 1.67. The van der Waals surface area contributed by atoms with Crippen molar-refractivity contribution in [2.75, 3.05) is 13.2 Å². The van der Waals surface area contributed by atoms with E-state index in [0.717, 1.165) is 24.2 Å². The third kappa shape index (κ3) is 4.35. The summed E-state index contributed by atoms with van der Waals surface area (Å²) in [6.07, 6.45) is 1.59. The van der Waals surface area contributed by atoms with Gasteiger partial charge in [-0.1, -0.05) is 48.5 Å². The normalized spacial score (nSPS) is 22.1. The van der Waals surface area contributed by atoms with Crippen molar-refractivity contribution in [3.63, 3.8) is 0 Å². The first-order chi connectivity index (χ1) is 12.3. The summed E-state index contributed by atoms with van der Waals surface area (Å²) in [6.45, 7) is 1.45. The minimum atomic E-state index is -0.304. The van der Waals surface area contributed by atoms with Gasteiger partial charge in [0, 0.05) is 18.4 Å². The molecule has 0 N–H and O–H groups in total. The maximum Gasteiger partial charge on any atom is 0.339 e. The van der Waals surface area contributed by atoms with Crippen molar-refractivity contribution in [2.24, 2.45) is 0 Å². The molecule has 2 fully saturated rings. The number of ether oxygens (including phenoxy) is 3. The second kappa shape index (κ2) is 7.21. The van der Waals surface area contributed by atoms with Crippen LogP contribution in [0.1, 0.15) is 18.4 Å². The van der Waals surface area contributed by atoms with E-state index in [0.29, 0.717) is 24.4 Å². The molecule has 4 nitrogen and oxygen atoms in total. The highest BCUT2D eigenvalue weighted by atomic mass is 16.6. The van der Waals surface area contributed by atoms with Gasteiger partial charge in [0.2, 0.25) is 0 Å². The summed E-state index contributed by atoms with van der Waals surface area (Å²) in [5.74, 6) is 0.248. The van der Waals surface area contributed by atoms with Crippen LogP contribution in [0.4, 0.5) is 0 Å². The molecule has 2 atom stereocenters. The molecule has 0 amide bonds. The first-order valence-corrected chi connectivity index (χ1v) is 8.57. The summed E-state index contributed by atoms with van der Waals surface area (Å²) in [7, 11) is 0. The topological polar surface area (TPSA) is 51.4 Å². The van der Waals surface area contributed by atoms with Gasteiger partial charge in [0.05, 0.1) is 25.4 Å². The van der Waals surface area contributed by atoms with Gasteiger partial charge >= 0.3 is 5.97 Å². The second-order valence-electron chi connectivity index (χ2n) is 6.34. The van der Waals surface area contributed by atoms with Gasteiger partial charge in [0.25, 0.3) is 0 Å². The quantitative estimate of drug-likeness (QED) is 0.335. The number of epoxide rings is 2. The highest BCUT2D eigenvalue weighted by molar-refractivity contribution is 5.99. The second-order valence-corrected chi connectivity index (χ2v) is 6.34. The SMILES string of the molecule is O=C(Oc1ccccc1)C(CC1CO1)=C(CC1CO1)c1ccccc1. The van der Waals surface area contributed by atoms with E-state index in [4.69, 9.17) is 14.2 Å². The van der Waals surface area contributed by atoms with Crippen LogP contribution in [0, 0.1) is 0 Å². The molecule has 0 bridgehead atoms. The molecule has 0 spiro atoms. The van der Waals surface area contributed by atoms with E-state index in [1.54, 1.807) is 12.1 Å². The van der Waals surface area contributed by atoms with E-state index in [1.165, 1.54) is 0 Å². The van der Waals surface area contributed by atoms with Gasteiger partial charge in [-0.05, 0) is 23.3 Å². The summed E-state index contributed by atoms with van der Waals surface area (Å²) >= 11 is 0. The van der Waals surface area contributed by atoms with Crippen LogP contribution in [0.2, 0.25) is 0 Å². The molecular formula is C21H20O4. The number of esters is 1. The van der Waals surface area contributed by atoms with Crippen molar-refractivity contribution in [3.8, 4) is 5.75 Å². The van der Waals surface area contributed by atoms with Crippen LogP contribution < -0.4 is 4.74 Å². The van der Waals surface area contributed by atoms with Gasteiger partial charge < -0.3 is 14.2 Å². The number of carbonyl (C=O) groups excluding carboxylic acids is 1. The summed E-state index contributed by atoms with van der Waals surface area (Å²) in [5.41, 5.74) is 2.73. The maximum absolute atomic E-state index is 12.9. The summed E-state index contributed by atoms with van der Waals surface area (Å²) in [4.78, 5) is 12.9. The average Bonchev–Trinajstić information content (AvgIpc) is 3.55. The molecule has 0 aromatic heterocycles. The maximum atomic E-state index is 12.9. The molecule has 0 aliphatic carbocycles. The Morgan fingerprint density at radius 1 is 0.880 bits per heavy atom. The predicted molar refractivity (Wildman–Crippen MR) is 94.2 cm³/mol. The van der Waals surface area contributed by atoms with Crippen LogP contribution in [0.15, 0.2) is 66.2 Å². The Hall–Kier alpha value is -2.43. The molecular weight excluding hydrogens is 316 g/mol. The molecule has 0 radical (unpaired) electrons. The number of rotatable bonds is 7. The zero-order valence-corrected chi connectivity index (χ0v) is 13.9. The monoisotopic (exact) mass is 336 g/mol. The van der Waals surface area contributed by atoms with Gasteiger partial charge in [0.15, 0.2) is 0 Å².